The predicted octanol–water partition coefficient (Wildman–Crippen LogP) is 3.64. The Morgan fingerprint density at radius 3 is 2.81 bits per heavy atom. The third-order valence-electron chi connectivity index (χ3n) is 7.42. The molecule has 3 aliphatic rings. The summed E-state index contributed by atoms with van der Waals surface area (Å²) in [5.41, 5.74) is 4.50. The van der Waals surface area contributed by atoms with Gasteiger partial charge in [0.25, 0.3) is 11.8 Å². The lowest BCUT2D eigenvalue weighted by molar-refractivity contribution is 0.0945. The third kappa shape index (κ3) is 4.29. The normalized spacial score (nSPS) is 17.6. The highest BCUT2D eigenvalue weighted by atomic mass is 35.5. The zero-order valence-electron chi connectivity index (χ0n) is 20.3. The molecule has 0 radical (unpaired) electrons. The van der Waals surface area contributed by atoms with Crippen molar-refractivity contribution in [3.8, 4) is 5.69 Å². The van der Waals surface area contributed by atoms with Crippen molar-refractivity contribution in [3.05, 3.63) is 69.6 Å². The number of fused-ring (bicyclic) bond motifs is 2. The highest BCUT2D eigenvalue weighted by Crippen LogP contribution is 2.31. The number of likely N-dealkylation sites (N-methyl/N-ethyl adjacent to an activating group) is 1. The van der Waals surface area contributed by atoms with Gasteiger partial charge in [-0.3, -0.25) is 19.4 Å². The Balaban J connectivity index is 1.38. The summed E-state index contributed by atoms with van der Waals surface area (Å²) in [5.74, 6) is 0.754. The second kappa shape index (κ2) is 9.33. The van der Waals surface area contributed by atoms with Gasteiger partial charge in [0, 0.05) is 43.0 Å². The second-order valence-electron chi connectivity index (χ2n) is 9.86. The van der Waals surface area contributed by atoms with Crippen LogP contribution in [-0.4, -0.2) is 57.7 Å². The van der Waals surface area contributed by atoms with Crippen LogP contribution in [0, 0.1) is 5.92 Å². The van der Waals surface area contributed by atoms with Gasteiger partial charge >= 0.3 is 0 Å². The third-order valence-corrected chi connectivity index (χ3v) is 7.65. The standard InChI is InChI=1S/C27H29ClN6O2/c1-2-32-10-8-18-15-29-23(12-19(18)16-32)33-11-9-22-24(26(35)30-14-17-6-7-17)31-34(25(22)27(33)36)21-5-3-4-20(28)13-21/h3-5,12-13,15,17H,2,6-11,14,16H2,1H3,(H,30,35). The Bertz CT molecular complexity index is 1350. The van der Waals surface area contributed by atoms with Crippen LogP contribution in [0.5, 0.6) is 0 Å². The quantitative estimate of drug-likeness (QED) is 0.554. The summed E-state index contributed by atoms with van der Waals surface area (Å²) in [6.07, 6.45) is 5.69. The average Bonchev–Trinajstić information content (AvgIpc) is 3.64. The van der Waals surface area contributed by atoms with Crippen molar-refractivity contribution >= 4 is 29.2 Å². The molecule has 36 heavy (non-hydrogen) atoms. The van der Waals surface area contributed by atoms with E-state index in [9.17, 15) is 9.59 Å². The number of rotatable bonds is 6. The smallest absolute Gasteiger partial charge is 0.278 e. The van der Waals surface area contributed by atoms with E-state index in [2.05, 4.69) is 27.2 Å². The van der Waals surface area contributed by atoms with Crippen LogP contribution in [0.4, 0.5) is 5.82 Å². The minimum absolute atomic E-state index is 0.208. The van der Waals surface area contributed by atoms with E-state index in [1.54, 1.807) is 21.7 Å². The topological polar surface area (TPSA) is 83.4 Å². The molecule has 1 saturated carbocycles. The number of amides is 2. The van der Waals surface area contributed by atoms with Crippen LogP contribution in [0.15, 0.2) is 36.5 Å². The van der Waals surface area contributed by atoms with E-state index in [0.29, 0.717) is 58.9 Å². The van der Waals surface area contributed by atoms with E-state index in [1.807, 2.05) is 24.4 Å². The lowest BCUT2D eigenvalue weighted by Crippen LogP contribution is -2.40. The summed E-state index contributed by atoms with van der Waals surface area (Å²) in [7, 11) is 0. The van der Waals surface area contributed by atoms with Gasteiger partial charge in [-0.2, -0.15) is 5.10 Å². The first-order valence-electron chi connectivity index (χ1n) is 12.7. The second-order valence-corrected chi connectivity index (χ2v) is 10.3. The minimum Gasteiger partial charge on any atom is -0.350 e. The monoisotopic (exact) mass is 504 g/mol. The van der Waals surface area contributed by atoms with Gasteiger partial charge in [0.15, 0.2) is 5.69 Å². The van der Waals surface area contributed by atoms with E-state index in [4.69, 9.17) is 11.6 Å². The number of carbonyl (C=O) groups is 2. The number of hydrogen-bond donors (Lipinski definition) is 1. The lowest BCUT2D eigenvalue weighted by atomic mass is 10.0. The molecule has 4 heterocycles. The molecule has 9 heteroatoms. The lowest BCUT2D eigenvalue weighted by Gasteiger charge is -2.30. The van der Waals surface area contributed by atoms with Gasteiger partial charge in [-0.25, -0.2) is 9.67 Å². The highest BCUT2D eigenvalue weighted by Gasteiger charge is 2.36. The fourth-order valence-corrected chi connectivity index (χ4v) is 5.28. The van der Waals surface area contributed by atoms with E-state index < -0.39 is 0 Å². The number of carbonyl (C=O) groups excluding carboxylic acids is 2. The SMILES string of the molecule is CCN1CCc2cnc(N3CCc4c(C(=O)NCC5CC5)nn(-c5cccc(Cl)c5)c4C3=O)cc2C1. The van der Waals surface area contributed by atoms with Crippen molar-refractivity contribution in [2.24, 2.45) is 5.92 Å². The molecule has 186 valence electrons. The number of nitrogens with one attached hydrogen (secondary N) is 1. The molecule has 0 unspecified atom stereocenters. The Morgan fingerprint density at radius 1 is 1.17 bits per heavy atom. The summed E-state index contributed by atoms with van der Waals surface area (Å²) in [6, 6.07) is 9.23. The van der Waals surface area contributed by atoms with Gasteiger partial charge in [-0.05, 0) is 73.5 Å². The Labute approximate surface area is 215 Å². The molecule has 0 spiro atoms. The van der Waals surface area contributed by atoms with E-state index in [0.717, 1.165) is 38.9 Å². The Morgan fingerprint density at radius 2 is 2.03 bits per heavy atom. The maximum atomic E-state index is 13.9. The molecule has 0 atom stereocenters. The molecule has 0 saturated heterocycles. The molecule has 1 aliphatic carbocycles. The summed E-state index contributed by atoms with van der Waals surface area (Å²) >= 11 is 6.26. The van der Waals surface area contributed by atoms with Crippen molar-refractivity contribution in [2.75, 3.05) is 31.1 Å². The zero-order valence-corrected chi connectivity index (χ0v) is 21.1. The van der Waals surface area contributed by atoms with Crippen LogP contribution in [-0.2, 0) is 19.4 Å². The van der Waals surface area contributed by atoms with E-state index in [-0.39, 0.29) is 11.8 Å². The summed E-state index contributed by atoms with van der Waals surface area (Å²) in [5, 5.41) is 8.18. The van der Waals surface area contributed by atoms with Crippen molar-refractivity contribution in [2.45, 2.75) is 39.2 Å². The number of benzene rings is 1. The highest BCUT2D eigenvalue weighted by molar-refractivity contribution is 6.30. The van der Waals surface area contributed by atoms with Gasteiger partial charge < -0.3 is 5.32 Å². The zero-order chi connectivity index (χ0) is 24.8. The minimum atomic E-state index is -0.230. The molecule has 6 rings (SSSR count). The molecule has 8 nitrogen and oxygen atoms in total. The van der Waals surface area contributed by atoms with Gasteiger partial charge in [-0.1, -0.05) is 24.6 Å². The Hall–Kier alpha value is -3.23. The van der Waals surface area contributed by atoms with Gasteiger partial charge in [0.1, 0.15) is 11.5 Å². The molecule has 2 aromatic heterocycles. The van der Waals surface area contributed by atoms with Gasteiger partial charge in [-0.15, -0.1) is 0 Å². The fraction of sp³-hybridized carbons (Fsp3) is 0.407. The van der Waals surface area contributed by atoms with Crippen LogP contribution >= 0.6 is 11.6 Å². The average molecular weight is 505 g/mol. The molecule has 0 bridgehead atoms. The summed E-state index contributed by atoms with van der Waals surface area (Å²) in [4.78, 5) is 35.8. The number of anilines is 1. The van der Waals surface area contributed by atoms with Crippen molar-refractivity contribution in [1.29, 1.82) is 0 Å². The Kier molecular flexibility index (Phi) is 6.01. The molecule has 2 amide bonds. The molecule has 1 N–H and O–H groups in total. The van der Waals surface area contributed by atoms with Crippen LogP contribution in [0.1, 0.15) is 57.4 Å². The van der Waals surface area contributed by atoms with Crippen molar-refractivity contribution in [3.63, 3.8) is 0 Å². The first kappa shape index (κ1) is 23.2. The van der Waals surface area contributed by atoms with Gasteiger partial charge in [0.05, 0.1) is 5.69 Å². The maximum Gasteiger partial charge on any atom is 0.278 e. The number of pyridine rings is 1. The first-order valence-corrected chi connectivity index (χ1v) is 13.1. The van der Waals surface area contributed by atoms with Crippen LogP contribution in [0.3, 0.4) is 0 Å². The van der Waals surface area contributed by atoms with E-state index >= 15 is 0 Å². The van der Waals surface area contributed by atoms with Gasteiger partial charge in [0.2, 0.25) is 0 Å². The number of aromatic nitrogens is 3. The van der Waals surface area contributed by atoms with Crippen LogP contribution in [0.25, 0.3) is 5.69 Å². The molecule has 1 fully saturated rings. The number of nitrogens with zero attached hydrogens (tertiary/aromatic N) is 5. The first-order chi connectivity index (χ1) is 17.5. The van der Waals surface area contributed by atoms with Crippen LogP contribution < -0.4 is 10.2 Å². The van der Waals surface area contributed by atoms with E-state index in [1.165, 1.54) is 11.1 Å². The summed E-state index contributed by atoms with van der Waals surface area (Å²) in [6.45, 7) is 6.14. The molecule has 1 aromatic carbocycles. The molecule has 3 aromatic rings. The molecular weight excluding hydrogens is 476 g/mol. The largest absolute Gasteiger partial charge is 0.350 e. The van der Waals surface area contributed by atoms with Crippen molar-refractivity contribution in [1.82, 2.24) is 25.0 Å². The molecule has 2 aliphatic heterocycles. The molecular formula is C27H29ClN6O2. The number of hydrogen-bond acceptors (Lipinski definition) is 5. The maximum absolute atomic E-state index is 13.9. The number of halogens is 1. The van der Waals surface area contributed by atoms with Crippen molar-refractivity contribution < 1.29 is 9.59 Å². The van der Waals surface area contributed by atoms with Crippen LogP contribution in [0.2, 0.25) is 5.02 Å². The predicted molar refractivity (Wildman–Crippen MR) is 138 cm³/mol. The fourth-order valence-electron chi connectivity index (χ4n) is 5.10. The summed E-state index contributed by atoms with van der Waals surface area (Å²) < 4.78 is 1.57.